The molecule has 0 heterocycles. The van der Waals surface area contributed by atoms with Crippen molar-refractivity contribution in [2.24, 2.45) is 5.92 Å². The van der Waals surface area contributed by atoms with E-state index in [-0.39, 0.29) is 17.9 Å². The molecule has 1 aliphatic rings. The van der Waals surface area contributed by atoms with Gasteiger partial charge in [0.1, 0.15) is 0 Å². The maximum atomic E-state index is 11.7. The lowest BCUT2D eigenvalue weighted by Gasteiger charge is -2.30. The molecule has 1 aromatic carbocycles. The normalized spacial score (nSPS) is 15.7. The van der Waals surface area contributed by atoms with Crippen molar-refractivity contribution in [1.29, 1.82) is 0 Å². The van der Waals surface area contributed by atoms with E-state index in [9.17, 15) is 9.59 Å². The third-order valence-corrected chi connectivity index (χ3v) is 3.93. The van der Waals surface area contributed by atoms with Crippen LogP contribution in [0.2, 0.25) is 0 Å². The fraction of sp³-hybridized carbons (Fsp3) is 0.529. The van der Waals surface area contributed by atoms with E-state index in [1.807, 2.05) is 26.0 Å². The van der Waals surface area contributed by atoms with Gasteiger partial charge in [0.15, 0.2) is 0 Å². The van der Waals surface area contributed by atoms with E-state index < -0.39 is 0 Å². The van der Waals surface area contributed by atoms with Crippen LogP contribution in [0.15, 0.2) is 24.3 Å². The second kappa shape index (κ2) is 7.82. The first kappa shape index (κ1) is 16.3. The molecule has 0 aromatic heterocycles. The van der Waals surface area contributed by atoms with Crippen molar-refractivity contribution in [1.82, 2.24) is 16.0 Å². The zero-order valence-corrected chi connectivity index (χ0v) is 13.3. The minimum absolute atomic E-state index is 0.00149. The lowest BCUT2D eigenvalue weighted by atomic mass is 9.78. The molecule has 120 valence electrons. The van der Waals surface area contributed by atoms with Crippen molar-refractivity contribution in [3.63, 3.8) is 0 Å². The van der Waals surface area contributed by atoms with Crippen molar-refractivity contribution in [2.75, 3.05) is 19.6 Å². The number of nitrogens with one attached hydrogen (secondary N) is 3. The Morgan fingerprint density at radius 2 is 1.86 bits per heavy atom. The molecule has 0 saturated heterocycles. The van der Waals surface area contributed by atoms with Crippen molar-refractivity contribution in [3.05, 3.63) is 35.4 Å². The number of hydrogen-bond donors (Lipinski definition) is 3. The zero-order chi connectivity index (χ0) is 15.9. The number of amides is 3. The van der Waals surface area contributed by atoms with E-state index >= 15 is 0 Å². The molecular weight excluding hydrogens is 278 g/mol. The molecule has 0 spiro atoms. The summed E-state index contributed by atoms with van der Waals surface area (Å²) in [7, 11) is 0. The highest BCUT2D eigenvalue weighted by Crippen LogP contribution is 2.33. The Morgan fingerprint density at radius 3 is 2.59 bits per heavy atom. The summed E-state index contributed by atoms with van der Waals surface area (Å²) in [5, 5.41) is 8.54. The van der Waals surface area contributed by atoms with Crippen LogP contribution < -0.4 is 16.0 Å². The van der Waals surface area contributed by atoms with Gasteiger partial charge < -0.3 is 16.0 Å². The Kier molecular flexibility index (Phi) is 5.81. The summed E-state index contributed by atoms with van der Waals surface area (Å²) >= 11 is 0. The monoisotopic (exact) mass is 303 g/mol. The number of carbonyl (C=O) groups excluding carboxylic acids is 2. The summed E-state index contributed by atoms with van der Waals surface area (Å²) in [6, 6.07) is 8.21. The average Bonchev–Trinajstić information content (AvgIpc) is 2.47. The SMILES string of the molecule is CC(C)C(=O)NCCCNC(=O)NCC1Cc2ccccc21. The molecule has 0 saturated carbocycles. The summed E-state index contributed by atoms with van der Waals surface area (Å²) < 4.78 is 0. The van der Waals surface area contributed by atoms with Crippen LogP contribution in [0.25, 0.3) is 0 Å². The largest absolute Gasteiger partial charge is 0.356 e. The van der Waals surface area contributed by atoms with Crippen LogP contribution in [0.1, 0.15) is 37.3 Å². The molecule has 0 fully saturated rings. The van der Waals surface area contributed by atoms with Crippen molar-refractivity contribution in [3.8, 4) is 0 Å². The quantitative estimate of drug-likeness (QED) is 0.672. The minimum atomic E-state index is -0.139. The topological polar surface area (TPSA) is 70.2 Å². The van der Waals surface area contributed by atoms with Crippen molar-refractivity contribution >= 4 is 11.9 Å². The second-order valence-corrected chi connectivity index (χ2v) is 6.04. The van der Waals surface area contributed by atoms with Crippen LogP contribution in [0, 0.1) is 5.92 Å². The molecular formula is C17H25N3O2. The molecule has 1 atom stereocenters. The van der Waals surface area contributed by atoms with E-state index in [4.69, 9.17) is 0 Å². The second-order valence-electron chi connectivity index (χ2n) is 6.04. The Hall–Kier alpha value is -2.04. The first-order valence-electron chi connectivity index (χ1n) is 7.95. The van der Waals surface area contributed by atoms with Crippen molar-refractivity contribution < 1.29 is 9.59 Å². The molecule has 5 nitrogen and oxygen atoms in total. The third-order valence-electron chi connectivity index (χ3n) is 3.93. The Balaban J connectivity index is 1.53. The van der Waals surface area contributed by atoms with Gasteiger partial charge in [-0.2, -0.15) is 0 Å². The van der Waals surface area contributed by atoms with Gasteiger partial charge in [-0.3, -0.25) is 4.79 Å². The maximum Gasteiger partial charge on any atom is 0.314 e. The molecule has 22 heavy (non-hydrogen) atoms. The fourth-order valence-corrected chi connectivity index (χ4v) is 2.53. The molecule has 0 aliphatic heterocycles. The highest BCUT2D eigenvalue weighted by molar-refractivity contribution is 5.77. The summed E-state index contributed by atoms with van der Waals surface area (Å²) in [6.07, 6.45) is 1.77. The lowest BCUT2D eigenvalue weighted by molar-refractivity contribution is -0.123. The number of rotatable bonds is 7. The first-order valence-corrected chi connectivity index (χ1v) is 7.95. The molecule has 0 radical (unpaired) electrons. The molecule has 1 aliphatic carbocycles. The molecule has 1 unspecified atom stereocenters. The predicted molar refractivity (Wildman–Crippen MR) is 86.8 cm³/mol. The van der Waals surface area contributed by atoms with Gasteiger partial charge in [-0.05, 0) is 24.0 Å². The highest BCUT2D eigenvalue weighted by Gasteiger charge is 2.25. The number of carbonyl (C=O) groups is 2. The van der Waals surface area contributed by atoms with E-state index in [0.29, 0.717) is 25.6 Å². The van der Waals surface area contributed by atoms with Gasteiger partial charge in [0, 0.05) is 31.5 Å². The van der Waals surface area contributed by atoms with E-state index in [2.05, 4.69) is 28.1 Å². The van der Waals surface area contributed by atoms with Gasteiger partial charge in [0.25, 0.3) is 0 Å². The van der Waals surface area contributed by atoms with Gasteiger partial charge >= 0.3 is 6.03 Å². The molecule has 0 bridgehead atoms. The zero-order valence-electron chi connectivity index (χ0n) is 13.3. The summed E-state index contributed by atoms with van der Waals surface area (Å²) in [4.78, 5) is 23.0. The maximum absolute atomic E-state index is 11.7. The van der Waals surface area contributed by atoms with Gasteiger partial charge in [-0.25, -0.2) is 4.79 Å². The molecule has 1 aromatic rings. The number of benzene rings is 1. The summed E-state index contributed by atoms with van der Waals surface area (Å²) in [5.74, 6) is 0.488. The van der Waals surface area contributed by atoms with E-state index in [1.54, 1.807) is 0 Å². The minimum Gasteiger partial charge on any atom is -0.356 e. The predicted octanol–water partition coefficient (Wildman–Crippen LogP) is 1.79. The fourth-order valence-electron chi connectivity index (χ4n) is 2.53. The number of urea groups is 1. The van der Waals surface area contributed by atoms with Crippen LogP contribution >= 0.6 is 0 Å². The van der Waals surface area contributed by atoms with Crippen molar-refractivity contribution in [2.45, 2.75) is 32.6 Å². The average molecular weight is 303 g/mol. The Bertz CT molecular complexity index is 528. The summed E-state index contributed by atoms with van der Waals surface area (Å²) in [6.45, 7) is 5.55. The van der Waals surface area contributed by atoms with Gasteiger partial charge in [0.2, 0.25) is 5.91 Å². The molecule has 5 heteroatoms. The van der Waals surface area contributed by atoms with Gasteiger partial charge in [0.05, 0.1) is 0 Å². The highest BCUT2D eigenvalue weighted by atomic mass is 16.2. The first-order chi connectivity index (χ1) is 10.6. The standard InChI is InChI=1S/C17H25N3O2/c1-12(2)16(21)18-8-5-9-19-17(22)20-11-14-10-13-6-3-4-7-15(13)14/h3-4,6-7,12,14H,5,8-11H2,1-2H3,(H,18,21)(H2,19,20,22). The Morgan fingerprint density at radius 1 is 1.14 bits per heavy atom. The number of fused-ring (bicyclic) bond motifs is 1. The van der Waals surface area contributed by atoms with Crippen LogP contribution in [0.4, 0.5) is 4.79 Å². The number of hydrogen-bond acceptors (Lipinski definition) is 2. The molecule has 3 N–H and O–H groups in total. The van der Waals surface area contributed by atoms with E-state index in [1.165, 1.54) is 11.1 Å². The third kappa shape index (κ3) is 4.48. The lowest BCUT2D eigenvalue weighted by Crippen LogP contribution is -2.40. The van der Waals surface area contributed by atoms with Gasteiger partial charge in [-0.15, -0.1) is 0 Å². The summed E-state index contributed by atoms with van der Waals surface area (Å²) in [5.41, 5.74) is 2.73. The van der Waals surface area contributed by atoms with Gasteiger partial charge in [-0.1, -0.05) is 38.1 Å². The van der Waals surface area contributed by atoms with E-state index in [0.717, 1.165) is 12.8 Å². The molecule has 2 rings (SSSR count). The van der Waals surface area contributed by atoms with Crippen LogP contribution in [-0.4, -0.2) is 31.6 Å². The van der Waals surface area contributed by atoms with Crippen LogP contribution in [-0.2, 0) is 11.2 Å². The smallest absolute Gasteiger partial charge is 0.314 e. The van der Waals surface area contributed by atoms with Crippen LogP contribution in [0.3, 0.4) is 0 Å². The molecule has 3 amide bonds. The Labute approximate surface area is 131 Å². The van der Waals surface area contributed by atoms with Crippen LogP contribution in [0.5, 0.6) is 0 Å².